The van der Waals surface area contributed by atoms with E-state index in [1.165, 1.54) is 30.5 Å². The van der Waals surface area contributed by atoms with Crippen LogP contribution in [0.5, 0.6) is 5.75 Å². The van der Waals surface area contributed by atoms with Crippen LogP contribution in [0.2, 0.25) is 0 Å². The van der Waals surface area contributed by atoms with Crippen LogP contribution in [-0.4, -0.2) is 34.5 Å². The second-order valence-electron chi connectivity index (χ2n) is 5.45. The molecule has 2 rings (SSSR count). The summed E-state index contributed by atoms with van der Waals surface area (Å²) < 4.78 is 10.2. The summed E-state index contributed by atoms with van der Waals surface area (Å²) >= 11 is 0. The molecule has 0 saturated carbocycles. The molecular formula is C17H17N3O6. The Kier molecular flexibility index (Phi) is 6.20. The molecule has 2 aromatic rings. The van der Waals surface area contributed by atoms with Crippen LogP contribution < -0.4 is 10.1 Å². The number of nitrogens with one attached hydrogen (secondary N) is 1. The van der Waals surface area contributed by atoms with Crippen LogP contribution in [0.15, 0.2) is 42.6 Å². The summed E-state index contributed by atoms with van der Waals surface area (Å²) in [7, 11) is 0. The quantitative estimate of drug-likeness (QED) is 0.458. The molecule has 136 valence electrons. The molecule has 0 radical (unpaired) electrons. The van der Waals surface area contributed by atoms with Gasteiger partial charge in [-0.15, -0.1) is 0 Å². The first-order valence-electron chi connectivity index (χ1n) is 7.70. The van der Waals surface area contributed by atoms with Crippen molar-refractivity contribution in [2.75, 3.05) is 11.9 Å². The third-order valence-electron chi connectivity index (χ3n) is 3.03. The monoisotopic (exact) mass is 359 g/mol. The van der Waals surface area contributed by atoms with Gasteiger partial charge in [0.05, 0.1) is 11.7 Å². The number of carbonyl (C=O) groups is 2. The number of hydrogen-bond donors (Lipinski definition) is 1. The van der Waals surface area contributed by atoms with Crippen LogP contribution in [0.25, 0.3) is 0 Å². The van der Waals surface area contributed by atoms with Crippen molar-refractivity contribution in [3.05, 3.63) is 58.3 Å². The zero-order valence-corrected chi connectivity index (χ0v) is 14.2. The second-order valence-corrected chi connectivity index (χ2v) is 5.45. The Balaban J connectivity index is 1.92. The molecule has 26 heavy (non-hydrogen) atoms. The first kappa shape index (κ1) is 18.8. The summed E-state index contributed by atoms with van der Waals surface area (Å²) in [6.07, 6.45) is 1.03. The van der Waals surface area contributed by atoms with Gasteiger partial charge in [0.15, 0.2) is 6.61 Å². The molecule has 0 spiro atoms. The van der Waals surface area contributed by atoms with Crippen molar-refractivity contribution in [2.45, 2.75) is 20.0 Å². The van der Waals surface area contributed by atoms with E-state index in [0.717, 1.165) is 0 Å². The van der Waals surface area contributed by atoms with Crippen molar-refractivity contribution in [3.8, 4) is 5.75 Å². The molecule has 1 aromatic carbocycles. The molecule has 0 saturated heterocycles. The van der Waals surface area contributed by atoms with Crippen LogP contribution in [0.3, 0.4) is 0 Å². The molecule has 9 heteroatoms. The van der Waals surface area contributed by atoms with E-state index in [1.807, 2.05) is 0 Å². The predicted octanol–water partition coefficient (Wildman–Crippen LogP) is 2.57. The molecule has 0 atom stereocenters. The number of rotatable bonds is 7. The lowest BCUT2D eigenvalue weighted by Crippen LogP contribution is -2.20. The fourth-order valence-corrected chi connectivity index (χ4v) is 1.94. The lowest BCUT2D eigenvalue weighted by atomic mass is 10.2. The maximum absolute atomic E-state index is 11.9. The number of pyridine rings is 1. The zero-order valence-electron chi connectivity index (χ0n) is 14.2. The molecular weight excluding hydrogens is 342 g/mol. The lowest BCUT2D eigenvalue weighted by Gasteiger charge is -2.09. The normalized spacial score (nSPS) is 10.3. The molecule has 9 nitrogen and oxygen atoms in total. The van der Waals surface area contributed by atoms with Crippen LogP contribution in [0.1, 0.15) is 24.2 Å². The molecule has 1 N–H and O–H groups in total. The van der Waals surface area contributed by atoms with Crippen LogP contribution in [0, 0.1) is 10.1 Å². The van der Waals surface area contributed by atoms with Gasteiger partial charge in [-0.25, -0.2) is 4.79 Å². The van der Waals surface area contributed by atoms with Gasteiger partial charge in [0.2, 0.25) is 5.75 Å². The van der Waals surface area contributed by atoms with Crippen molar-refractivity contribution in [1.29, 1.82) is 0 Å². The van der Waals surface area contributed by atoms with Gasteiger partial charge in [-0.1, -0.05) is 0 Å². The third-order valence-corrected chi connectivity index (χ3v) is 3.03. The Morgan fingerprint density at radius 1 is 1.23 bits per heavy atom. The minimum atomic E-state index is -0.692. The Morgan fingerprint density at radius 2 is 1.92 bits per heavy atom. The van der Waals surface area contributed by atoms with E-state index >= 15 is 0 Å². The third kappa shape index (κ3) is 5.26. The van der Waals surface area contributed by atoms with Gasteiger partial charge in [-0.05, 0) is 60.2 Å². The Hall–Kier alpha value is -3.49. The van der Waals surface area contributed by atoms with Gasteiger partial charge in [0, 0.05) is 5.69 Å². The largest absolute Gasteiger partial charge is 0.476 e. The summed E-state index contributed by atoms with van der Waals surface area (Å²) in [6.45, 7) is 3.07. The minimum absolute atomic E-state index is 0.0978. The van der Waals surface area contributed by atoms with Crippen LogP contribution in [0.4, 0.5) is 11.5 Å². The molecule has 1 aromatic heterocycles. The molecule has 1 amide bonds. The number of hydrogen-bond acceptors (Lipinski definition) is 7. The number of aromatic nitrogens is 1. The van der Waals surface area contributed by atoms with Crippen LogP contribution >= 0.6 is 0 Å². The first-order chi connectivity index (χ1) is 12.4. The van der Waals surface area contributed by atoms with Crippen molar-refractivity contribution in [2.24, 2.45) is 0 Å². The average molecular weight is 359 g/mol. The Morgan fingerprint density at radius 3 is 2.54 bits per heavy atom. The fraction of sp³-hybridized carbons (Fsp3) is 0.235. The SMILES string of the molecule is CC(C)OC(=O)c1ccc(NC(=O)COc2cccnc2[N+](=O)[O-])cc1. The van der Waals surface area contributed by atoms with Gasteiger partial charge in [-0.2, -0.15) is 0 Å². The zero-order chi connectivity index (χ0) is 19.1. The summed E-state index contributed by atoms with van der Waals surface area (Å²) in [5.74, 6) is -1.53. The minimum Gasteiger partial charge on any atom is -0.476 e. The maximum atomic E-state index is 11.9. The number of esters is 1. The van der Waals surface area contributed by atoms with Crippen molar-refractivity contribution >= 4 is 23.4 Å². The number of benzene rings is 1. The Labute approximate surface area is 149 Å². The van der Waals surface area contributed by atoms with E-state index in [0.29, 0.717) is 11.3 Å². The molecule has 0 aliphatic rings. The Bertz CT molecular complexity index is 804. The van der Waals surface area contributed by atoms with Crippen molar-refractivity contribution in [3.63, 3.8) is 0 Å². The van der Waals surface area contributed by atoms with E-state index in [1.54, 1.807) is 26.0 Å². The molecule has 0 aliphatic carbocycles. The summed E-state index contributed by atoms with van der Waals surface area (Å²) in [5, 5.41) is 13.4. The smallest absolute Gasteiger partial charge is 0.406 e. The van der Waals surface area contributed by atoms with Crippen molar-refractivity contribution in [1.82, 2.24) is 4.98 Å². The number of anilines is 1. The molecule has 1 heterocycles. The first-order valence-corrected chi connectivity index (χ1v) is 7.70. The van der Waals surface area contributed by atoms with E-state index in [4.69, 9.17) is 9.47 Å². The summed E-state index contributed by atoms with van der Waals surface area (Å²) in [6, 6.07) is 8.95. The lowest BCUT2D eigenvalue weighted by molar-refractivity contribution is -0.390. The molecule has 0 aliphatic heterocycles. The number of nitrogens with zero attached hydrogens (tertiary/aromatic N) is 2. The van der Waals surface area contributed by atoms with E-state index in [9.17, 15) is 19.7 Å². The highest BCUT2D eigenvalue weighted by Crippen LogP contribution is 2.22. The van der Waals surface area contributed by atoms with Gasteiger partial charge >= 0.3 is 11.8 Å². The summed E-state index contributed by atoms with van der Waals surface area (Å²) in [4.78, 5) is 37.4. The fourth-order valence-electron chi connectivity index (χ4n) is 1.94. The number of amides is 1. The highest BCUT2D eigenvalue weighted by molar-refractivity contribution is 5.93. The number of ether oxygens (including phenoxy) is 2. The highest BCUT2D eigenvalue weighted by Gasteiger charge is 2.17. The molecule has 0 bridgehead atoms. The van der Waals surface area contributed by atoms with Crippen LogP contribution in [-0.2, 0) is 9.53 Å². The molecule has 0 fully saturated rings. The standard InChI is InChI=1S/C17H17N3O6/c1-11(2)26-17(22)12-5-7-13(8-6-12)19-15(21)10-25-14-4-3-9-18-16(14)20(23)24/h3-9,11H,10H2,1-2H3,(H,19,21). The average Bonchev–Trinajstić information content (AvgIpc) is 2.60. The van der Waals surface area contributed by atoms with Gasteiger partial charge in [-0.3, -0.25) is 4.79 Å². The number of carbonyl (C=O) groups excluding carboxylic acids is 2. The van der Waals surface area contributed by atoms with E-state index < -0.39 is 29.2 Å². The maximum Gasteiger partial charge on any atom is 0.406 e. The van der Waals surface area contributed by atoms with Gasteiger partial charge < -0.3 is 24.9 Å². The molecule has 0 unspecified atom stereocenters. The topological polar surface area (TPSA) is 121 Å². The number of nitro groups is 1. The predicted molar refractivity (Wildman–Crippen MR) is 92.0 cm³/mol. The summed E-state index contributed by atoms with van der Waals surface area (Å²) in [5.41, 5.74) is 0.805. The van der Waals surface area contributed by atoms with Gasteiger partial charge in [0.1, 0.15) is 6.20 Å². The van der Waals surface area contributed by atoms with E-state index in [2.05, 4.69) is 10.3 Å². The highest BCUT2D eigenvalue weighted by atomic mass is 16.6. The van der Waals surface area contributed by atoms with Crippen molar-refractivity contribution < 1.29 is 24.0 Å². The second kappa shape index (κ2) is 8.56. The van der Waals surface area contributed by atoms with E-state index in [-0.39, 0.29) is 11.9 Å². The van der Waals surface area contributed by atoms with Gasteiger partial charge in [0.25, 0.3) is 5.91 Å².